The smallest absolute Gasteiger partial charge is 0.312 e. The van der Waals surface area contributed by atoms with E-state index in [1.165, 1.54) is 6.07 Å². The van der Waals surface area contributed by atoms with Gasteiger partial charge < -0.3 is 10.1 Å². The molecule has 0 spiro atoms. The molecule has 1 aliphatic heterocycles. The highest BCUT2D eigenvalue weighted by molar-refractivity contribution is 5.85. The van der Waals surface area contributed by atoms with E-state index in [2.05, 4.69) is 20.3 Å². The van der Waals surface area contributed by atoms with E-state index in [9.17, 15) is 8.78 Å². The van der Waals surface area contributed by atoms with Crippen molar-refractivity contribution in [1.29, 1.82) is 0 Å². The fourth-order valence-electron chi connectivity index (χ4n) is 2.82. The fraction of sp³-hybridized carbons (Fsp3) is 0.312. The molecule has 0 saturated carbocycles. The van der Waals surface area contributed by atoms with Crippen molar-refractivity contribution in [2.75, 3.05) is 11.9 Å². The standard InChI is InChI=1S/C16H15F2N5O/c17-10-5-1-2-6-11(10)20-14-13-15(22-16(18)21-14)23(9-19-13)12-7-3-4-8-24-12/h1-2,5-6,9,12H,3-4,7-8H2,(H,20,21,22). The molecule has 2 aromatic heterocycles. The van der Waals surface area contributed by atoms with Crippen LogP contribution in [0.5, 0.6) is 0 Å². The van der Waals surface area contributed by atoms with Gasteiger partial charge in [0.15, 0.2) is 17.0 Å². The van der Waals surface area contributed by atoms with Gasteiger partial charge in [0.05, 0.1) is 12.0 Å². The number of benzene rings is 1. The molecule has 6 nitrogen and oxygen atoms in total. The molecule has 1 saturated heterocycles. The maximum Gasteiger partial charge on any atom is 0.312 e. The molecule has 3 aromatic rings. The van der Waals surface area contributed by atoms with Crippen molar-refractivity contribution >= 4 is 22.7 Å². The SMILES string of the molecule is Fc1nc(Nc2ccccc2F)c2ncn(C3CCCCO3)c2n1. The van der Waals surface area contributed by atoms with Gasteiger partial charge in [0, 0.05) is 6.61 Å². The van der Waals surface area contributed by atoms with Crippen LogP contribution in [0.15, 0.2) is 30.6 Å². The van der Waals surface area contributed by atoms with E-state index >= 15 is 0 Å². The molecular formula is C16H15F2N5O. The van der Waals surface area contributed by atoms with Gasteiger partial charge in [0.1, 0.15) is 12.0 Å². The quantitative estimate of drug-likeness (QED) is 0.744. The Morgan fingerprint density at radius 2 is 2.04 bits per heavy atom. The Balaban J connectivity index is 1.76. The third kappa shape index (κ3) is 2.69. The number of para-hydroxylation sites is 1. The first-order chi connectivity index (χ1) is 11.7. The number of nitrogens with one attached hydrogen (secondary N) is 1. The van der Waals surface area contributed by atoms with Crippen LogP contribution in [0.25, 0.3) is 11.2 Å². The summed E-state index contributed by atoms with van der Waals surface area (Å²) in [5.41, 5.74) is 0.891. The molecule has 3 heterocycles. The van der Waals surface area contributed by atoms with Crippen molar-refractivity contribution in [3.8, 4) is 0 Å². The number of aromatic nitrogens is 4. The van der Waals surface area contributed by atoms with E-state index in [0.717, 1.165) is 19.3 Å². The summed E-state index contributed by atoms with van der Waals surface area (Å²) < 4.78 is 35.1. The van der Waals surface area contributed by atoms with Crippen molar-refractivity contribution in [1.82, 2.24) is 19.5 Å². The first-order valence-corrected chi connectivity index (χ1v) is 7.75. The highest BCUT2D eigenvalue weighted by Crippen LogP contribution is 2.29. The molecule has 1 N–H and O–H groups in total. The maximum atomic E-state index is 13.9. The summed E-state index contributed by atoms with van der Waals surface area (Å²) in [7, 11) is 0. The monoisotopic (exact) mass is 331 g/mol. The molecular weight excluding hydrogens is 316 g/mol. The topological polar surface area (TPSA) is 64.9 Å². The van der Waals surface area contributed by atoms with Crippen LogP contribution in [0.2, 0.25) is 0 Å². The minimum Gasteiger partial charge on any atom is -0.358 e. The van der Waals surface area contributed by atoms with Crippen LogP contribution in [0.4, 0.5) is 20.3 Å². The molecule has 1 unspecified atom stereocenters. The van der Waals surface area contributed by atoms with Gasteiger partial charge in [-0.2, -0.15) is 14.4 Å². The van der Waals surface area contributed by atoms with E-state index in [1.54, 1.807) is 29.1 Å². The van der Waals surface area contributed by atoms with E-state index < -0.39 is 11.9 Å². The van der Waals surface area contributed by atoms with Crippen LogP contribution in [0, 0.1) is 11.9 Å². The molecule has 8 heteroatoms. The third-order valence-corrected chi connectivity index (χ3v) is 3.99. The number of nitrogens with zero attached hydrogens (tertiary/aromatic N) is 4. The Hall–Kier alpha value is -2.61. The second-order valence-electron chi connectivity index (χ2n) is 5.59. The Labute approximate surface area is 136 Å². The molecule has 1 aromatic carbocycles. The number of hydrogen-bond donors (Lipinski definition) is 1. The number of ether oxygens (including phenoxy) is 1. The lowest BCUT2D eigenvalue weighted by atomic mass is 10.2. The summed E-state index contributed by atoms with van der Waals surface area (Å²) in [5.74, 6) is -0.336. The third-order valence-electron chi connectivity index (χ3n) is 3.99. The zero-order valence-corrected chi connectivity index (χ0v) is 12.7. The second-order valence-corrected chi connectivity index (χ2v) is 5.59. The molecule has 124 valence electrons. The highest BCUT2D eigenvalue weighted by Gasteiger charge is 2.21. The molecule has 0 amide bonds. The zero-order valence-electron chi connectivity index (χ0n) is 12.7. The van der Waals surface area contributed by atoms with Crippen LogP contribution < -0.4 is 5.32 Å². The number of halogens is 2. The Morgan fingerprint density at radius 3 is 2.83 bits per heavy atom. The van der Waals surface area contributed by atoms with Gasteiger partial charge in [0.25, 0.3) is 0 Å². The number of hydrogen-bond acceptors (Lipinski definition) is 5. The van der Waals surface area contributed by atoms with E-state index in [4.69, 9.17) is 4.74 Å². The molecule has 0 bridgehead atoms. The summed E-state index contributed by atoms with van der Waals surface area (Å²) in [5, 5.41) is 2.79. The normalized spacial score (nSPS) is 18.0. The lowest BCUT2D eigenvalue weighted by Gasteiger charge is -2.23. The summed E-state index contributed by atoms with van der Waals surface area (Å²) >= 11 is 0. The average Bonchev–Trinajstić information content (AvgIpc) is 3.01. The van der Waals surface area contributed by atoms with Gasteiger partial charge in [0.2, 0.25) is 0 Å². The van der Waals surface area contributed by atoms with Gasteiger partial charge in [-0.05, 0) is 31.4 Å². The largest absolute Gasteiger partial charge is 0.358 e. The zero-order chi connectivity index (χ0) is 16.5. The van der Waals surface area contributed by atoms with Crippen molar-refractivity contribution in [2.24, 2.45) is 0 Å². The Kier molecular flexibility index (Phi) is 3.81. The number of anilines is 2. The van der Waals surface area contributed by atoms with Crippen molar-refractivity contribution in [2.45, 2.75) is 25.5 Å². The minimum atomic E-state index is -0.904. The minimum absolute atomic E-state index is 0.122. The fourth-order valence-corrected chi connectivity index (χ4v) is 2.82. The number of rotatable bonds is 3. The van der Waals surface area contributed by atoms with Crippen molar-refractivity contribution in [3.63, 3.8) is 0 Å². The second kappa shape index (κ2) is 6.12. The van der Waals surface area contributed by atoms with E-state index in [1.807, 2.05) is 0 Å². The van der Waals surface area contributed by atoms with Gasteiger partial charge in [-0.1, -0.05) is 12.1 Å². The van der Waals surface area contributed by atoms with Gasteiger partial charge in [-0.15, -0.1) is 0 Å². The van der Waals surface area contributed by atoms with Crippen LogP contribution in [0.3, 0.4) is 0 Å². The van der Waals surface area contributed by atoms with Crippen molar-refractivity contribution in [3.05, 3.63) is 42.5 Å². The summed E-state index contributed by atoms with van der Waals surface area (Å²) in [6, 6.07) is 6.11. The number of fused-ring (bicyclic) bond motifs is 1. The molecule has 4 rings (SSSR count). The molecule has 1 fully saturated rings. The van der Waals surface area contributed by atoms with Gasteiger partial charge in [-0.25, -0.2) is 9.37 Å². The highest BCUT2D eigenvalue weighted by atomic mass is 19.1. The lowest BCUT2D eigenvalue weighted by Crippen LogP contribution is -2.18. The maximum absolute atomic E-state index is 13.9. The van der Waals surface area contributed by atoms with Gasteiger partial charge >= 0.3 is 6.08 Å². The first-order valence-electron chi connectivity index (χ1n) is 7.75. The molecule has 1 aliphatic rings. The van der Waals surface area contributed by atoms with E-state index in [-0.39, 0.29) is 17.7 Å². The predicted octanol–water partition coefficient (Wildman–Crippen LogP) is 3.55. The molecule has 0 radical (unpaired) electrons. The molecule has 24 heavy (non-hydrogen) atoms. The van der Waals surface area contributed by atoms with Crippen molar-refractivity contribution < 1.29 is 13.5 Å². The Morgan fingerprint density at radius 1 is 1.17 bits per heavy atom. The van der Waals surface area contributed by atoms with Crippen LogP contribution in [-0.4, -0.2) is 26.1 Å². The average molecular weight is 331 g/mol. The Bertz CT molecular complexity index is 876. The summed E-state index contributed by atoms with van der Waals surface area (Å²) in [4.78, 5) is 11.8. The van der Waals surface area contributed by atoms with E-state index in [0.29, 0.717) is 17.8 Å². The molecule has 1 atom stereocenters. The van der Waals surface area contributed by atoms with Crippen LogP contribution in [0.1, 0.15) is 25.5 Å². The van der Waals surface area contributed by atoms with Gasteiger partial charge in [-0.3, -0.25) is 4.57 Å². The predicted molar refractivity (Wildman–Crippen MR) is 83.8 cm³/mol. The first kappa shape index (κ1) is 14.9. The van der Waals surface area contributed by atoms with Crippen LogP contribution >= 0.6 is 0 Å². The molecule has 0 aliphatic carbocycles. The number of imidazole rings is 1. The van der Waals surface area contributed by atoms with Crippen LogP contribution in [-0.2, 0) is 4.74 Å². The summed E-state index contributed by atoms with van der Waals surface area (Å²) in [6.45, 7) is 0.651. The summed E-state index contributed by atoms with van der Waals surface area (Å²) in [6.07, 6.45) is 3.28. The lowest BCUT2D eigenvalue weighted by molar-refractivity contribution is -0.0298.